The maximum Gasteiger partial charge on any atom is 0.0704 e. The third kappa shape index (κ3) is 9.18. The predicted molar refractivity (Wildman–Crippen MR) is 107 cm³/mol. The molecule has 1 aromatic heterocycles. The van der Waals surface area contributed by atoms with Gasteiger partial charge in [0.25, 0.3) is 0 Å². The van der Waals surface area contributed by atoms with Crippen LogP contribution in [0, 0.1) is 0 Å². The molecule has 0 saturated carbocycles. The quantitative estimate of drug-likeness (QED) is 0.530. The second kappa shape index (κ2) is 14.0. The van der Waals surface area contributed by atoms with Crippen molar-refractivity contribution >= 4 is 0 Å². The molecule has 0 N–H and O–H groups in total. The molecule has 1 nitrogen and oxygen atoms in total. The number of nitrogens with zero attached hydrogens (tertiary/aromatic N) is 1. The first kappa shape index (κ1) is 23.6. The first-order valence-electron chi connectivity index (χ1n) is 9.01. The van der Waals surface area contributed by atoms with Crippen molar-refractivity contribution in [2.45, 2.75) is 74.1 Å². The van der Waals surface area contributed by atoms with Gasteiger partial charge in [0.05, 0.1) is 5.69 Å². The Morgan fingerprint density at radius 3 is 1.70 bits per heavy atom. The molecule has 0 aliphatic carbocycles. The summed E-state index contributed by atoms with van der Waals surface area (Å²) in [7, 11) is 0. The molecule has 0 amide bonds. The minimum absolute atomic E-state index is 0.147. The Kier molecular flexibility index (Phi) is 14.4. The minimum atomic E-state index is 0.147. The standard InChI is InChI=1S/C15H17N.C3H8.2C2H6/c1-15(2,3)13-9-5-4-8-12(13)14-10-6-7-11-16-14;1-3-2;2*1-2/h4-11H,1-3H3;3H2,1-2H3;2*1-2H3. The average molecular weight is 316 g/mol. The summed E-state index contributed by atoms with van der Waals surface area (Å²) in [6.45, 7) is 18.9. The van der Waals surface area contributed by atoms with E-state index >= 15 is 0 Å². The van der Waals surface area contributed by atoms with Gasteiger partial charge in [-0.05, 0) is 23.1 Å². The van der Waals surface area contributed by atoms with Crippen LogP contribution < -0.4 is 0 Å². The molecule has 0 atom stereocenters. The highest BCUT2D eigenvalue weighted by Crippen LogP contribution is 2.31. The van der Waals surface area contributed by atoms with E-state index in [1.54, 1.807) is 0 Å². The first-order valence-corrected chi connectivity index (χ1v) is 9.01. The highest BCUT2D eigenvalue weighted by molar-refractivity contribution is 5.64. The number of rotatable bonds is 1. The number of hydrogen-bond donors (Lipinski definition) is 0. The van der Waals surface area contributed by atoms with Crippen LogP contribution in [0.1, 0.15) is 74.3 Å². The van der Waals surface area contributed by atoms with Gasteiger partial charge in [0.15, 0.2) is 0 Å². The van der Waals surface area contributed by atoms with Gasteiger partial charge in [0, 0.05) is 11.8 Å². The van der Waals surface area contributed by atoms with E-state index in [0.717, 1.165) is 5.69 Å². The smallest absolute Gasteiger partial charge is 0.0704 e. The van der Waals surface area contributed by atoms with E-state index in [1.807, 2.05) is 46.0 Å². The van der Waals surface area contributed by atoms with Crippen molar-refractivity contribution in [1.29, 1.82) is 0 Å². The molecule has 0 aliphatic heterocycles. The molecule has 0 unspecified atom stereocenters. The normalized spacial score (nSPS) is 9.26. The summed E-state index contributed by atoms with van der Waals surface area (Å²) in [4.78, 5) is 4.42. The van der Waals surface area contributed by atoms with Crippen molar-refractivity contribution in [3.8, 4) is 11.3 Å². The number of hydrogen-bond acceptors (Lipinski definition) is 1. The van der Waals surface area contributed by atoms with Gasteiger partial charge in [-0.2, -0.15) is 0 Å². The summed E-state index contributed by atoms with van der Waals surface area (Å²) in [5.41, 5.74) is 3.77. The molecule has 0 spiro atoms. The maximum atomic E-state index is 4.42. The third-order valence-corrected chi connectivity index (χ3v) is 2.68. The van der Waals surface area contributed by atoms with Gasteiger partial charge < -0.3 is 0 Å². The van der Waals surface area contributed by atoms with Crippen molar-refractivity contribution in [1.82, 2.24) is 4.98 Å². The fourth-order valence-electron chi connectivity index (χ4n) is 1.88. The molecule has 130 valence electrons. The molecule has 0 fully saturated rings. The highest BCUT2D eigenvalue weighted by Gasteiger charge is 2.18. The molecule has 2 aromatic rings. The fraction of sp³-hybridized carbons (Fsp3) is 0.500. The van der Waals surface area contributed by atoms with Gasteiger partial charge >= 0.3 is 0 Å². The van der Waals surface area contributed by atoms with Crippen LogP contribution in [0.15, 0.2) is 48.7 Å². The van der Waals surface area contributed by atoms with E-state index in [9.17, 15) is 0 Å². The van der Waals surface area contributed by atoms with Crippen molar-refractivity contribution in [3.05, 3.63) is 54.2 Å². The zero-order chi connectivity index (χ0) is 18.3. The van der Waals surface area contributed by atoms with Crippen LogP contribution in [0.25, 0.3) is 11.3 Å². The Labute approximate surface area is 145 Å². The highest BCUT2D eigenvalue weighted by atomic mass is 14.7. The molecule has 1 heterocycles. The van der Waals surface area contributed by atoms with Gasteiger partial charge in [-0.15, -0.1) is 0 Å². The van der Waals surface area contributed by atoms with Gasteiger partial charge in [0.1, 0.15) is 0 Å². The SMILES string of the molecule is CC.CC.CC(C)(C)c1ccccc1-c1ccccn1.CCC. The van der Waals surface area contributed by atoms with E-state index < -0.39 is 0 Å². The Morgan fingerprint density at radius 2 is 1.26 bits per heavy atom. The Hall–Kier alpha value is -1.63. The summed E-state index contributed by atoms with van der Waals surface area (Å²) in [6, 6.07) is 14.5. The van der Waals surface area contributed by atoms with Crippen LogP contribution in [0.3, 0.4) is 0 Å². The van der Waals surface area contributed by atoms with E-state index in [-0.39, 0.29) is 5.41 Å². The number of aromatic nitrogens is 1. The van der Waals surface area contributed by atoms with Crippen LogP contribution in [-0.2, 0) is 5.41 Å². The molecule has 0 radical (unpaired) electrons. The second-order valence-corrected chi connectivity index (χ2v) is 5.72. The summed E-state index contributed by atoms with van der Waals surface area (Å²) >= 11 is 0. The van der Waals surface area contributed by atoms with Crippen molar-refractivity contribution in [3.63, 3.8) is 0 Å². The van der Waals surface area contributed by atoms with Crippen molar-refractivity contribution < 1.29 is 0 Å². The molecule has 23 heavy (non-hydrogen) atoms. The number of benzene rings is 1. The van der Waals surface area contributed by atoms with E-state index in [2.05, 4.69) is 69.9 Å². The fourth-order valence-corrected chi connectivity index (χ4v) is 1.88. The molecular formula is C22H37N. The van der Waals surface area contributed by atoms with Crippen molar-refractivity contribution in [2.75, 3.05) is 0 Å². The van der Waals surface area contributed by atoms with E-state index in [0.29, 0.717) is 0 Å². The molecule has 0 saturated heterocycles. The lowest BCUT2D eigenvalue weighted by Crippen LogP contribution is -2.12. The topological polar surface area (TPSA) is 12.9 Å². The lowest BCUT2D eigenvalue weighted by molar-refractivity contribution is 0.592. The molecule has 1 aromatic carbocycles. The summed E-state index contributed by atoms with van der Waals surface area (Å²) in [6.07, 6.45) is 3.09. The first-order chi connectivity index (χ1) is 11.0. The van der Waals surface area contributed by atoms with Crippen molar-refractivity contribution in [2.24, 2.45) is 0 Å². The van der Waals surface area contributed by atoms with Crippen LogP contribution >= 0.6 is 0 Å². The molecule has 0 bridgehead atoms. The zero-order valence-electron chi connectivity index (χ0n) is 16.8. The molecule has 1 heteroatoms. The maximum absolute atomic E-state index is 4.42. The van der Waals surface area contributed by atoms with Crippen LogP contribution in [0.5, 0.6) is 0 Å². The Morgan fingerprint density at radius 1 is 0.783 bits per heavy atom. The van der Waals surface area contributed by atoms with Gasteiger partial charge in [-0.3, -0.25) is 4.98 Å². The van der Waals surface area contributed by atoms with Gasteiger partial charge in [-0.25, -0.2) is 0 Å². The Bertz CT molecular complexity index is 481. The zero-order valence-corrected chi connectivity index (χ0v) is 16.8. The third-order valence-electron chi connectivity index (χ3n) is 2.68. The molecular weight excluding hydrogens is 278 g/mol. The summed E-state index contributed by atoms with van der Waals surface area (Å²) in [5, 5.41) is 0. The lowest BCUT2D eigenvalue weighted by Gasteiger charge is -2.22. The van der Waals surface area contributed by atoms with Gasteiger partial charge in [0.2, 0.25) is 0 Å². The largest absolute Gasteiger partial charge is 0.256 e. The minimum Gasteiger partial charge on any atom is -0.256 e. The number of pyridine rings is 1. The lowest BCUT2D eigenvalue weighted by atomic mass is 9.83. The summed E-state index contributed by atoms with van der Waals surface area (Å²) in [5.74, 6) is 0. The van der Waals surface area contributed by atoms with Crippen LogP contribution in [0.4, 0.5) is 0 Å². The second-order valence-electron chi connectivity index (χ2n) is 5.72. The monoisotopic (exact) mass is 315 g/mol. The average Bonchev–Trinajstić information content (AvgIpc) is 2.59. The van der Waals surface area contributed by atoms with E-state index in [4.69, 9.17) is 0 Å². The van der Waals surface area contributed by atoms with Crippen LogP contribution in [-0.4, -0.2) is 4.98 Å². The predicted octanol–water partition coefficient (Wildman–Crippen LogP) is 7.51. The van der Waals surface area contributed by atoms with E-state index in [1.165, 1.54) is 17.5 Å². The Balaban J connectivity index is 0. The van der Waals surface area contributed by atoms with Gasteiger partial charge in [-0.1, -0.05) is 99.1 Å². The van der Waals surface area contributed by atoms with Crippen LogP contribution in [0.2, 0.25) is 0 Å². The summed E-state index contributed by atoms with van der Waals surface area (Å²) < 4.78 is 0. The molecule has 2 rings (SSSR count). The molecule has 0 aliphatic rings.